The predicted molar refractivity (Wildman–Crippen MR) is 75.2 cm³/mol. The number of carboxylic acids is 1. The maximum atomic E-state index is 11.8. The summed E-state index contributed by atoms with van der Waals surface area (Å²) in [5.41, 5.74) is 1.00. The molecule has 0 saturated heterocycles. The van der Waals surface area contributed by atoms with Gasteiger partial charge in [-0.25, -0.2) is 4.79 Å². The van der Waals surface area contributed by atoms with Crippen molar-refractivity contribution < 1.29 is 14.7 Å². The molecule has 5 heteroatoms. The Morgan fingerprint density at radius 3 is 2.80 bits per heavy atom. The van der Waals surface area contributed by atoms with Gasteiger partial charge in [-0.2, -0.15) is 0 Å². The number of rotatable bonds is 7. The van der Waals surface area contributed by atoms with Gasteiger partial charge in [0.05, 0.1) is 0 Å². The first kappa shape index (κ1) is 14.2. The van der Waals surface area contributed by atoms with Crippen molar-refractivity contribution in [1.29, 1.82) is 0 Å². The second kappa shape index (κ2) is 6.84. The van der Waals surface area contributed by atoms with Crippen LogP contribution >= 0.6 is 0 Å². The molecule has 0 radical (unpaired) electrons. The quantitative estimate of drug-likeness (QED) is 0.589. The van der Waals surface area contributed by atoms with Crippen molar-refractivity contribution in [3.8, 4) is 0 Å². The molecule has 0 aliphatic heterocycles. The number of hydrogen-bond acceptors (Lipinski definition) is 3. The summed E-state index contributed by atoms with van der Waals surface area (Å²) in [6, 6.07) is 3.27. The summed E-state index contributed by atoms with van der Waals surface area (Å²) < 4.78 is 0. The Hall–Kier alpha value is -2.17. The van der Waals surface area contributed by atoms with Crippen LogP contribution in [0, 0.1) is 5.92 Å². The molecule has 1 heterocycles. The van der Waals surface area contributed by atoms with Crippen LogP contribution < -0.4 is 5.32 Å². The lowest BCUT2D eigenvalue weighted by atomic mass is 10.2. The fraction of sp³-hybridized carbons (Fsp3) is 0.400. The number of carbonyl (C=O) groups is 2. The zero-order valence-corrected chi connectivity index (χ0v) is 11.2. The summed E-state index contributed by atoms with van der Waals surface area (Å²) >= 11 is 0. The summed E-state index contributed by atoms with van der Waals surface area (Å²) in [5.74, 6) is -0.317. The minimum absolute atomic E-state index is 0.186. The molecule has 1 fully saturated rings. The fourth-order valence-corrected chi connectivity index (χ4v) is 1.90. The molecule has 2 rings (SSSR count). The highest BCUT2D eigenvalue weighted by atomic mass is 16.4. The molecular formula is C15H18N2O3. The molecule has 1 aliphatic carbocycles. The molecule has 1 aromatic heterocycles. The fourth-order valence-electron chi connectivity index (χ4n) is 1.90. The van der Waals surface area contributed by atoms with Gasteiger partial charge in [-0.15, -0.1) is 0 Å². The van der Waals surface area contributed by atoms with Gasteiger partial charge in [0.25, 0.3) is 5.91 Å². The van der Waals surface area contributed by atoms with Gasteiger partial charge < -0.3 is 10.4 Å². The third kappa shape index (κ3) is 4.84. The standard InChI is InChI=1S/C15H18N2O3/c18-14(19)8-6-12-5-7-13(17-10-12)15(20)16-9-1-2-11-3-4-11/h5-8,10-11H,1-4,9H2,(H,16,20)(H,18,19)/b8-6+. The van der Waals surface area contributed by atoms with Gasteiger partial charge in [-0.05, 0) is 36.5 Å². The van der Waals surface area contributed by atoms with E-state index in [0.717, 1.165) is 18.4 Å². The molecule has 106 valence electrons. The lowest BCUT2D eigenvalue weighted by Gasteiger charge is -2.04. The van der Waals surface area contributed by atoms with Crippen molar-refractivity contribution in [3.63, 3.8) is 0 Å². The third-order valence-electron chi connectivity index (χ3n) is 3.21. The first-order chi connectivity index (χ1) is 9.65. The van der Waals surface area contributed by atoms with Crippen molar-refractivity contribution in [2.75, 3.05) is 6.54 Å². The lowest BCUT2D eigenvalue weighted by Crippen LogP contribution is -2.25. The Bertz CT molecular complexity index is 504. The first-order valence-electron chi connectivity index (χ1n) is 6.80. The van der Waals surface area contributed by atoms with Crippen molar-refractivity contribution >= 4 is 18.0 Å². The normalized spacial score (nSPS) is 14.4. The second-order valence-corrected chi connectivity index (χ2v) is 4.99. The van der Waals surface area contributed by atoms with E-state index in [9.17, 15) is 9.59 Å². The van der Waals surface area contributed by atoms with Crippen LogP contribution in [0.4, 0.5) is 0 Å². The molecule has 0 spiro atoms. The molecule has 1 amide bonds. The van der Waals surface area contributed by atoms with E-state index in [1.54, 1.807) is 12.1 Å². The van der Waals surface area contributed by atoms with Gasteiger partial charge >= 0.3 is 5.97 Å². The van der Waals surface area contributed by atoms with E-state index in [4.69, 9.17) is 5.11 Å². The Kier molecular flexibility index (Phi) is 4.87. The molecule has 5 nitrogen and oxygen atoms in total. The van der Waals surface area contributed by atoms with Gasteiger partial charge in [0.2, 0.25) is 0 Å². The number of amides is 1. The molecule has 1 aromatic rings. The zero-order valence-electron chi connectivity index (χ0n) is 11.2. The molecular weight excluding hydrogens is 256 g/mol. The van der Waals surface area contributed by atoms with Gasteiger partial charge in [0, 0.05) is 18.8 Å². The van der Waals surface area contributed by atoms with Gasteiger partial charge in [-0.3, -0.25) is 9.78 Å². The SMILES string of the molecule is O=C(O)/C=C/c1ccc(C(=O)NCCCC2CC2)nc1. The van der Waals surface area contributed by atoms with E-state index in [1.165, 1.54) is 31.5 Å². The number of pyridine rings is 1. The van der Waals surface area contributed by atoms with Gasteiger partial charge in [0.1, 0.15) is 5.69 Å². The van der Waals surface area contributed by atoms with Crippen molar-refractivity contribution in [2.45, 2.75) is 25.7 Å². The summed E-state index contributed by atoms with van der Waals surface area (Å²) in [5, 5.41) is 11.3. The molecule has 20 heavy (non-hydrogen) atoms. The summed E-state index contributed by atoms with van der Waals surface area (Å²) in [7, 11) is 0. The van der Waals surface area contributed by atoms with Crippen molar-refractivity contribution in [3.05, 3.63) is 35.7 Å². The monoisotopic (exact) mass is 274 g/mol. The number of aromatic nitrogens is 1. The Balaban J connectivity index is 1.78. The van der Waals surface area contributed by atoms with Crippen LogP contribution in [0.25, 0.3) is 6.08 Å². The van der Waals surface area contributed by atoms with Crippen LogP contribution in [0.5, 0.6) is 0 Å². The maximum absolute atomic E-state index is 11.8. The van der Waals surface area contributed by atoms with E-state index >= 15 is 0 Å². The zero-order chi connectivity index (χ0) is 14.4. The molecule has 1 saturated carbocycles. The van der Waals surface area contributed by atoms with Crippen LogP contribution in [0.15, 0.2) is 24.4 Å². The van der Waals surface area contributed by atoms with Crippen LogP contribution in [0.1, 0.15) is 41.7 Å². The minimum atomic E-state index is -1.01. The number of carboxylic acid groups (broad SMARTS) is 1. The van der Waals surface area contributed by atoms with Crippen LogP contribution in [-0.2, 0) is 4.79 Å². The summed E-state index contributed by atoms with van der Waals surface area (Å²) in [6.07, 6.45) is 8.82. The third-order valence-corrected chi connectivity index (χ3v) is 3.21. The number of nitrogens with zero attached hydrogens (tertiary/aromatic N) is 1. The largest absolute Gasteiger partial charge is 0.478 e. The first-order valence-corrected chi connectivity index (χ1v) is 6.80. The highest BCUT2D eigenvalue weighted by Gasteiger charge is 2.20. The summed E-state index contributed by atoms with van der Waals surface area (Å²) in [6.45, 7) is 0.678. The van der Waals surface area contributed by atoms with Crippen LogP contribution in [0.2, 0.25) is 0 Å². The van der Waals surface area contributed by atoms with E-state index in [1.807, 2.05) is 0 Å². The number of aliphatic carboxylic acids is 1. The lowest BCUT2D eigenvalue weighted by molar-refractivity contribution is -0.131. The molecule has 1 aliphatic rings. The molecule has 2 N–H and O–H groups in total. The maximum Gasteiger partial charge on any atom is 0.328 e. The second-order valence-electron chi connectivity index (χ2n) is 4.99. The van der Waals surface area contributed by atoms with Gasteiger partial charge in [0.15, 0.2) is 0 Å². The highest BCUT2D eigenvalue weighted by Crippen LogP contribution is 2.33. The van der Waals surface area contributed by atoms with E-state index < -0.39 is 5.97 Å². The predicted octanol–water partition coefficient (Wildman–Crippen LogP) is 2.10. The van der Waals surface area contributed by atoms with E-state index in [2.05, 4.69) is 10.3 Å². The molecule has 0 bridgehead atoms. The number of carbonyl (C=O) groups excluding carboxylic acids is 1. The smallest absolute Gasteiger partial charge is 0.328 e. The molecule has 0 aromatic carbocycles. The van der Waals surface area contributed by atoms with Crippen molar-refractivity contribution in [1.82, 2.24) is 10.3 Å². The average molecular weight is 274 g/mol. The average Bonchev–Trinajstić information content (AvgIpc) is 3.26. The molecule has 0 unspecified atom stereocenters. The Labute approximate surface area is 117 Å². The topological polar surface area (TPSA) is 79.3 Å². The van der Waals surface area contributed by atoms with Crippen LogP contribution in [-0.4, -0.2) is 28.5 Å². The number of nitrogens with one attached hydrogen (secondary N) is 1. The summed E-state index contributed by atoms with van der Waals surface area (Å²) in [4.78, 5) is 26.2. The Morgan fingerprint density at radius 1 is 1.40 bits per heavy atom. The minimum Gasteiger partial charge on any atom is -0.478 e. The van der Waals surface area contributed by atoms with E-state index in [-0.39, 0.29) is 5.91 Å². The van der Waals surface area contributed by atoms with Crippen LogP contribution in [0.3, 0.4) is 0 Å². The highest BCUT2D eigenvalue weighted by molar-refractivity contribution is 5.92. The Morgan fingerprint density at radius 2 is 2.20 bits per heavy atom. The van der Waals surface area contributed by atoms with E-state index in [0.29, 0.717) is 17.8 Å². The van der Waals surface area contributed by atoms with Gasteiger partial charge in [-0.1, -0.05) is 18.9 Å². The van der Waals surface area contributed by atoms with Crippen molar-refractivity contribution in [2.24, 2.45) is 5.92 Å². The number of hydrogen-bond donors (Lipinski definition) is 2. The molecule has 0 atom stereocenters.